The lowest BCUT2D eigenvalue weighted by molar-refractivity contribution is 0.519. The van der Waals surface area contributed by atoms with Crippen molar-refractivity contribution in [3.05, 3.63) is 48.0 Å². The molecule has 1 unspecified atom stereocenters. The molecule has 0 saturated carbocycles. The largest absolute Gasteiger partial charge is 0.262 e. The topological polar surface area (TPSA) is 54.5 Å². The number of hydrogen-bond donors (Lipinski definition) is 0. The SMILES string of the molecule is CC(C)c1cnn(C(CC#N)c2ccccn2)c1. The molecule has 0 spiro atoms. The van der Waals surface area contributed by atoms with Gasteiger partial charge in [0.15, 0.2) is 0 Å². The van der Waals surface area contributed by atoms with Crippen LogP contribution in [0.2, 0.25) is 0 Å². The molecule has 0 bridgehead atoms. The lowest BCUT2D eigenvalue weighted by atomic mass is 10.1. The van der Waals surface area contributed by atoms with E-state index >= 15 is 0 Å². The molecule has 2 aromatic heterocycles. The highest BCUT2D eigenvalue weighted by molar-refractivity contribution is 5.15. The zero-order valence-electron chi connectivity index (χ0n) is 10.6. The summed E-state index contributed by atoms with van der Waals surface area (Å²) in [5, 5.41) is 13.3. The Kier molecular flexibility index (Phi) is 3.73. The Morgan fingerprint density at radius 2 is 2.22 bits per heavy atom. The average molecular weight is 240 g/mol. The van der Waals surface area contributed by atoms with Gasteiger partial charge in [-0.1, -0.05) is 19.9 Å². The zero-order chi connectivity index (χ0) is 13.0. The molecule has 4 heteroatoms. The standard InChI is InChI=1S/C14H16N4/c1-11(2)12-9-17-18(10-12)14(6-7-15)13-5-3-4-8-16-13/h3-5,8-11,14H,6H2,1-2H3. The number of pyridine rings is 1. The van der Waals surface area contributed by atoms with Gasteiger partial charge in [-0.2, -0.15) is 10.4 Å². The fourth-order valence-corrected chi connectivity index (χ4v) is 1.81. The first-order valence-electron chi connectivity index (χ1n) is 6.04. The Hall–Kier alpha value is -2.15. The molecule has 0 aliphatic heterocycles. The number of nitrogens with zero attached hydrogens (tertiary/aromatic N) is 4. The number of rotatable bonds is 4. The molecule has 0 saturated heterocycles. The molecule has 92 valence electrons. The van der Waals surface area contributed by atoms with Crippen molar-refractivity contribution in [3.63, 3.8) is 0 Å². The first-order chi connectivity index (χ1) is 8.72. The molecule has 0 amide bonds. The fourth-order valence-electron chi connectivity index (χ4n) is 1.81. The smallest absolute Gasteiger partial charge is 0.107 e. The van der Waals surface area contributed by atoms with Gasteiger partial charge in [0.25, 0.3) is 0 Å². The summed E-state index contributed by atoms with van der Waals surface area (Å²) in [6.45, 7) is 4.25. The molecule has 18 heavy (non-hydrogen) atoms. The summed E-state index contributed by atoms with van der Waals surface area (Å²) in [6, 6.07) is 7.82. The van der Waals surface area contributed by atoms with E-state index in [4.69, 9.17) is 5.26 Å². The van der Waals surface area contributed by atoms with Crippen molar-refractivity contribution in [2.75, 3.05) is 0 Å². The van der Waals surface area contributed by atoms with Crippen LogP contribution in [0.15, 0.2) is 36.8 Å². The van der Waals surface area contributed by atoms with Crippen LogP contribution in [0.1, 0.15) is 43.5 Å². The quantitative estimate of drug-likeness (QED) is 0.825. The maximum atomic E-state index is 8.96. The van der Waals surface area contributed by atoms with Gasteiger partial charge in [-0.25, -0.2) is 0 Å². The van der Waals surface area contributed by atoms with E-state index in [0.717, 1.165) is 5.69 Å². The van der Waals surface area contributed by atoms with Crippen LogP contribution in [0.3, 0.4) is 0 Å². The van der Waals surface area contributed by atoms with Crippen molar-refractivity contribution in [2.24, 2.45) is 0 Å². The van der Waals surface area contributed by atoms with E-state index in [1.54, 1.807) is 6.20 Å². The van der Waals surface area contributed by atoms with Crippen molar-refractivity contribution < 1.29 is 0 Å². The Labute approximate surface area is 107 Å². The molecular weight excluding hydrogens is 224 g/mol. The summed E-state index contributed by atoms with van der Waals surface area (Å²) in [5.41, 5.74) is 2.05. The van der Waals surface area contributed by atoms with Crippen LogP contribution in [-0.4, -0.2) is 14.8 Å². The Bertz CT molecular complexity index is 536. The summed E-state index contributed by atoms with van der Waals surface area (Å²) in [6.07, 6.45) is 5.97. The van der Waals surface area contributed by atoms with E-state index < -0.39 is 0 Å². The highest BCUT2D eigenvalue weighted by atomic mass is 15.3. The molecule has 0 aliphatic carbocycles. The Morgan fingerprint density at radius 3 is 2.78 bits per heavy atom. The van der Waals surface area contributed by atoms with E-state index in [1.807, 2.05) is 35.3 Å². The Morgan fingerprint density at radius 1 is 1.39 bits per heavy atom. The molecular formula is C14H16N4. The van der Waals surface area contributed by atoms with Crippen LogP contribution in [0.4, 0.5) is 0 Å². The molecule has 2 rings (SSSR count). The lowest BCUT2D eigenvalue weighted by Gasteiger charge is -2.13. The predicted molar refractivity (Wildman–Crippen MR) is 68.9 cm³/mol. The number of nitriles is 1. The first-order valence-corrected chi connectivity index (χ1v) is 6.04. The van der Waals surface area contributed by atoms with Gasteiger partial charge in [0.1, 0.15) is 6.04 Å². The van der Waals surface area contributed by atoms with E-state index in [2.05, 4.69) is 30.0 Å². The first kappa shape index (κ1) is 12.3. The molecule has 2 aromatic rings. The van der Waals surface area contributed by atoms with E-state index in [1.165, 1.54) is 5.56 Å². The van der Waals surface area contributed by atoms with Gasteiger partial charge in [-0.3, -0.25) is 9.67 Å². The maximum Gasteiger partial charge on any atom is 0.107 e. The summed E-state index contributed by atoms with van der Waals surface area (Å²) >= 11 is 0. The third kappa shape index (κ3) is 2.57. The highest BCUT2D eigenvalue weighted by Crippen LogP contribution is 2.21. The minimum absolute atomic E-state index is 0.108. The second-order valence-corrected chi connectivity index (χ2v) is 4.54. The molecule has 1 atom stereocenters. The molecule has 0 aromatic carbocycles. The van der Waals surface area contributed by atoms with E-state index in [0.29, 0.717) is 12.3 Å². The summed E-state index contributed by atoms with van der Waals surface area (Å²) < 4.78 is 1.83. The molecule has 2 heterocycles. The molecule has 0 N–H and O–H groups in total. The van der Waals surface area contributed by atoms with Crippen molar-refractivity contribution in [2.45, 2.75) is 32.2 Å². The zero-order valence-corrected chi connectivity index (χ0v) is 10.6. The van der Waals surface area contributed by atoms with Crippen molar-refractivity contribution in [3.8, 4) is 6.07 Å². The van der Waals surface area contributed by atoms with Crippen LogP contribution in [0.25, 0.3) is 0 Å². The summed E-state index contributed by atoms with van der Waals surface area (Å²) in [5.74, 6) is 0.435. The number of aromatic nitrogens is 3. The van der Waals surface area contributed by atoms with Gasteiger partial charge in [0.05, 0.1) is 24.4 Å². The predicted octanol–water partition coefficient (Wildman–Crippen LogP) is 2.90. The molecule has 0 radical (unpaired) electrons. The van der Waals surface area contributed by atoms with Crippen LogP contribution in [0.5, 0.6) is 0 Å². The monoisotopic (exact) mass is 240 g/mol. The highest BCUT2D eigenvalue weighted by Gasteiger charge is 2.16. The number of hydrogen-bond acceptors (Lipinski definition) is 3. The third-order valence-electron chi connectivity index (χ3n) is 2.92. The molecule has 0 fully saturated rings. The van der Waals surface area contributed by atoms with Gasteiger partial charge in [-0.15, -0.1) is 0 Å². The van der Waals surface area contributed by atoms with Crippen molar-refractivity contribution in [1.82, 2.24) is 14.8 Å². The van der Waals surface area contributed by atoms with Crippen molar-refractivity contribution >= 4 is 0 Å². The summed E-state index contributed by atoms with van der Waals surface area (Å²) in [7, 11) is 0. The van der Waals surface area contributed by atoms with Gasteiger partial charge in [0, 0.05) is 12.4 Å². The van der Waals surface area contributed by atoms with E-state index in [-0.39, 0.29) is 6.04 Å². The van der Waals surface area contributed by atoms with Gasteiger partial charge >= 0.3 is 0 Å². The second kappa shape index (κ2) is 5.46. The minimum atomic E-state index is -0.108. The third-order valence-corrected chi connectivity index (χ3v) is 2.92. The van der Waals surface area contributed by atoms with Gasteiger partial charge in [0.2, 0.25) is 0 Å². The van der Waals surface area contributed by atoms with Crippen molar-refractivity contribution in [1.29, 1.82) is 5.26 Å². The Balaban J connectivity index is 2.33. The van der Waals surface area contributed by atoms with Crippen LogP contribution < -0.4 is 0 Å². The normalized spacial score (nSPS) is 12.3. The van der Waals surface area contributed by atoms with Crippen LogP contribution in [0, 0.1) is 11.3 Å². The van der Waals surface area contributed by atoms with E-state index in [9.17, 15) is 0 Å². The maximum absolute atomic E-state index is 8.96. The van der Waals surface area contributed by atoms with Crippen LogP contribution >= 0.6 is 0 Å². The fraction of sp³-hybridized carbons (Fsp3) is 0.357. The van der Waals surface area contributed by atoms with Crippen LogP contribution in [-0.2, 0) is 0 Å². The average Bonchev–Trinajstić information content (AvgIpc) is 2.86. The lowest BCUT2D eigenvalue weighted by Crippen LogP contribution is -2.12. The second-order valence-electron chi connectivity index (χ2n) is 4.54. The minimum Gasteiger partial charge on any atom is -0.262 e. The summed E-state index contributed by atoms with van der Waals surface area (Å²) in [4.78, 5) is 4.32. The molecule has 4 nitrogen and oxygen atoms in total. The van der Waals surface area contributed by atoms with Gasteiger partial charge in [-0.05, 0) is 23.6 Å². The molecule has 0 aliphatic rings. The van der Waals surface area contributed by atoms with Gasteiger partial charge < -0.3 is 0 Å².